The van der Waals surface area contributed by atoms with Gasteiger partial charge in [-0.2, -0.15) is 13.2 Å². The first kappa shape index (κ1) is 19.1. The number of alkyl halides is 3. The van der Waals surface area contributed by atoms with E-state index in [4.69, 9.17) is 5.11 Å². The van der Waals surface area contributed by atoms with Crippen LogP contribution in [0.1, 0.15) is 42.7 Å². The van der Waals surface area contributed by atoms with Crippen LogP contribution in [0.2, 0.25) is 0 Å². The van der Waals surface area contributed by atoms with E-state index < -0.39 is 17.7 Å². The molecule has 1 saturated heterocycles. The van der Waals surface area contributed by atoms with Gasteiger partial charge in [0.25, 0.3) is 0 Å². The average Bonchev–Trinajstić information content (AvgIpc) is 2.58. The summed E-state index contributed by atoms with van der Waals surface area (Å²) < 4.78 is 38.6. The Morgan fingerprint density at radius 1 is 1.32 bits per heavy atom. The van der Waals surface area contributed by atoms with Gasteiger partial charge in [0.1, 0.15) is 0 Å². The van der Waals surface area contributed by atoms with Crippen LogP contribution in [0.3, 0.4) is 0 Å². The Kier molecular flexibility index (Phi) is 6.27. The van der Waals surface area contributed by atoms with Crippen molar-refractivity contribution >= 4 is 12.0 Å². The molecule has 2 N–H and O–H groups in total. The molecule has 1 fully saturated rings. The summed E-state index contributed by atoms with van der Waals surface area (Å²) in [5.41, 5.74) is -0.0987. The van der Waals surface area contributed by atoms with Crippen LogP contribution in [-0.2, 0) is 11.0 Å². The van der Waals surface area contributed by atoms with E-state index >= 15 is 0 Å². The Morgan fingerprint density at radius 2 is 2.08 bits per heavy atom. The molecule has 5 nitrogen and oxygen atoms in total. The predicted molar refractivity (Wildman–Crippen MR) is 85.3 cm³/mol. The molecule has 2 rings (SSSR count). The first-order valence-corrected chi connectivity index (χ1v) is 8.19. The highest BCUT2D eigenvalue weighted by atomic mass is 19.4. The molecule has 25 heavy (non-hydrogen) atoms. The van der Waals surface area contributed by atoms with Crippen molar-refractivity contribution in [3.05, 3.63) is 35.4 Å². The second-order valence-corrected chi connectivity index (χ2v) is 6.14. The van der Waals surface area contributed by atoms with Crippen LogP contribution in [0.15, 0.2) is 24.3 Å². The lowest BCUT2D eigenvalue weighted by atomic mass is 9.90. The zero-order valence-electron chi connectivity index (χ0n) is 13.7. The third kappa shape index (κ3) is 5.65. The largest absolute Gasteiger partial charge is 0.481 e. The van der Waals surface area contributed by atoms with Gasteiger partial charge in [0.2, 0.25) is 0 Å². The average molecular weight is 358 g/mol. The summed E-state index contributed by atoms with van der Waals surface area (Å²) >= 11 is 0. The van der Waals surface area contributed by atoms with Gasteiger partial charge in [0, 0.05) is 32.0 Å². The molecule has 1 aliphatic heterocycles. The number of rotatable bonds is 5. The number of hydrogen-bond acceptors (Lipinski definition) is 2. The Balaban J connectivity index is 1.94. The lowest BCUT2D eigenvalue weighted by Crippen LogP contribution is -2.45. The van der Waals surface area contributed by atoms with Crippen LogP contribution >= 0.6 is 0 Å². The maximum Gasteiger partial charge on any atom is 0.416 e. The third-order valence-electron chi connectivity index (χ3n) is 4.24. The van der Waals surface area contributed by atoms with Gasteiger partial charge < -0.3 is 15.3 Å². The summed E-state index contributed by atoms with van der Waals surface area (Å²) in [7, 11) is 0. The predicted octanol–water partition coefficient (Wildman–Crippen LogP) is 3.46. The van der Waals surface area contributed by atoms with Gasteiger partial charge in [0.05, 0.1) is 5.56 Å². The molecule has 1 unspecified atom stereocenters. The fourth-order valence-electron chi connectivity index (χ4n) is 2.95. The molecule has 0 saturated carbocycles. The van der Waals surface area contributed by atoms with Crippen molar-refractivity contribution in [2.24, 2.45) is 0 Å². The van der Waals surface area contributed by atoms with Gasteiger partial charge in [-0.15, -0.1) is 0 Å². The van der Waals surface area contributed by atoms with E-state index in [9.17, 15) is 22.8 Å². The summed E-state index contributed by atoms with van der Waals surface area (Å²) in [5.74, 6) is -1.06. The molecule has 1 atom stereocenters. The van der Waals surface area contributed by atoms with E-state index in [0.717, 1.165) is 18.6 Å². The molecule has 0 radical (unpaired) electrons. The topological polar surface area (TPSA) is 69.6 Å². The van der Waals surface area contributed by atoms with Crippen LogP contribution < -0.4 is 5.32 Å². The molecule has 138 valence electrons. The molecule has 8 heteroatoms. The number of urea groups is 1. The van der Waals surface area contributed by atoms with E-state index in [0.29, 0.717) is 31.5 Å². The summed E-state index contributed by atoms with van der Waals surface area (Å²) in [4.78, 5) is 24.2. The van der Waals surface area contributed by atoms with Gasteiger partial charge in [-0.05, 0) is 30.9 Å². The Morgan fingerprint density at radius 3 is 2.76 bits per heavy atom. The summed E-state index contributed by atoms with van der Waals surface area (Å²) in [6, 6.07) is 4.94. The molecule has 1 heterocycles. The highest BCUT2D eigenvalue weighted by molar-refractivity contribution is 5.74. The van der Waals surface area contributed by atoms with E-state index in [2.05, 4.69) is 5.32 Å². The highest BCUT2D eigenvalue weighted by Gasteiger charge is 2.32. The number of carboxylic acids is 1. The van der Waals surface area contributed by atoms with E-state index in [-0.39, 0.29) is 24.9 Å². The number of nitrogens with zero attached hydrogens (tertiary/aromatic N) is 1. The van der Waals surface area contributed by atoms with Crippen molar-refractivity contribution in [3.8, 4) is 0 Å². The van der Waals surface area contributed by atoms with Crippen LogP contribution in [0, 0.1) is 0 Å². The maximum absolute atomic E-state index is 12.9. The minimum Gasteiger partial charge on any atom is -0.481 e. The normalized spacial score (nSPS) is 18.0. The number of benzene rings is 1. The van der Waals surface area contributed by atoms with E-state index in [1.54, 1.807) is 11.0 Å². The molecule has 0 aliphatic carbocycles. The van der Waals surface area contributed by atoms with Gasteiger partial charge in [-0.25, -0.2) is 4.79 Å². The molecular weight excluding hydrogens is 337 g/mol. The molecule has 1 aromatic rings. The van der Waals surface area contributed by atoms with Crippen molar-refractivity contribution < 1.29 is 27.9 Å². The van der Waals surface area contributed by atoms with E-state index in [1.807, 2.05) is 0 Å². The molecule has 0 spiro atoms. The Hall–Kier alpha value is -2.25. The number of aliphatic carboxylic acids is 1. The summed E-state index contributed by atoms with van der Waals surface area (Å²) in [5, 5.41) is 11.2. The van der Waals surface area contributed by atoms with Crippen LogP contribution in [-0.4, -0.2) is 41.6 Å². The lowest BCUT2D eigenvalue weighted by molar-refractivity contribution is -0.138. The zero-order valence-corrected chi connectivity index (χ0v) is 13.7. The number of likely N-dealkylation sites (tertiary alicyclic amines) is 1. The van der Waals surface area contributed by atoms with Crippen molar-refractivity contribution in [1.82, 2.24) is 10.2 Å². The van der Waals surface area contributed by atoms with Gasteiger partial charge in [0.15, 0.2) is 0 Å². The van der Waals surface area contributed by atoms with Crippen LogP contribution in [0.25, 0.3) is 0 Å². The smallest absolute Gasteiger partial charge is 0.416 e. The summed E-state index contributed by atoms with van der Waals surface area (Å²) in [6.45, 7) is 1.15. The monoisotopic (exact) mass is 358 g/mol. The van der Waals surface area contributed by atoms with Crippen molar-refractivity contribution in [2.75, 3.05) is 19.6 Å². The van der Waals surface area contributed by atoms with Crippen molar-refractivity contribution in [3.63, 3.8) is 0 Å². The maximum atomic E-state index is 12.9. The molecule has 1 aliphatic rings. The second-order valence-electron chi connectivity index (χ2n) is 6.14. The lowest BCUT2D eigenvalue weighted by Gasteiger charge is -2.33. The zero-order chi connectivity index (χ0) is 18.4. The first-order chi connectivity index (χ1) is 11.8. The van der Waals surface area contributed by atoms with Crippen molar-refractivity contribution in [2.45, 2.75) is 37.8 Å². The van der Waals surface area contributed by atoms with Crippen LogP contribution in [0.5, 0.6) is 0 Å². The fourth-order valence-corrected chi connectivity index (χ4v) is 2.95. The number of carboxylic acid groups (broad SMARTS) is 1. The number of carbonyl (C=O) groups is 2. The van der Waals surface area contributed by atoms with Gasteiger partial charge in [-0.1, -0.05) is 18.2 Å². The number of carbonyl (C=O) groups excluding carboxylic acids is 1. The summed E-state index contributed by atoms with van der Waals surface area (Å²) in [6.07, 6.45) is -2.63. The Labute approximate surface area is 143 Å². The first-order valence-electron chi connectivity index (χ1n) is 8.19. The minimum atomic E-state index is -4.38. The number of nitrogens with one attached hydrogen (secondary N) is 1. The standard InChI is InChI=1S/C17H21F3N2O3/c18-17(19,20)14-6-1-4-12(10-14)13-5-3-9-22(11-13)16(25)21-8-2-7-15(23)24/h1,4,6,10,13H,2-3,5,7-9,11H2,(H,21,25)(H,23,24). The fraction of sp³-hybridized carbons (Fsp3) is 0.529. The minimum absolute atomic E-state index is 0.0207. The van der Waals surface area contributed by atoms with Crippen molar-refractivity contribution in [1.29, 1.82) is 0 Å². The number of amides is 2. The second kappa shape index (κ2) is 8.22. The Bertz CT molecular complexity index is 619. The number of hydrogen-bond donors (Lipinski definition) is 2. The molecule has 1 aromatic carbocycles. The number of piperidine rings is 1. The SMILES string of the molecule is O=C(O)CCCNC(=O)N1CCCC(c2cccc(C(F)(F)F)c2)C1. The van der Waals surface area contributed by atoms with E-state index in [1.165, 1.54) is 6.07 Å². The quantitative estimate of drug-likeness (QED) is 0.792. The molecule has 2 amide bonds. The number of halogens is 3. The molecular formula is C17H21F3N2O3. The van der Waals surface area contributed by atoms with Gasteiger partial charge in [-0.3, -0.25) is 4.79 Å². The molecule has 0 bridgehead atoms. The highest BCUT2D eigenvalue weighted by Crippen LogP contribution is 2.33. The third-order valence-corrected chi connectivity index (χ3v) is 4.24. The molecule has 0 aromatic heterocycles. The van der Waals surface area contributed by atoms with Gasteiger partial charge >= 0.3 is 18.2 Å². The van der Waals surface area contributed by atoms with Crippen LogP contribution in [0.4, 0.5) is 18.0 Å².